The Kier molecular flexibility index (Phi) is 6.48. The zero-order valence-electron chi connectivity index (χ0n) is 13.1. The average Bonchev–Trinajstić information content (AvgIpc) is 2.93. The topological polar surface area (TPSA) is 106 Å². The Labute approximate surface area is 155 Å². The summed E-state index contributed by atoms with van der Waals surface area (Å²) in [6, 6.07) is 4.94. The lowest BCUT2D eigenvalue weighted by molar-refractivity contribution is -0.135. The number of nitrogens with zero attached hydrogens (tertiary/aromatic N) is 2. The number of hydrogen-bond acceptors (Lipinski definition) is 8. The minimum atomic E-state index is -0.627. The molecule has 1 amide bonds. The number of rotatable bonds is 4. The van der Waals surface area contributed by atoms with Crippen molar-refractivity contribution in [2.45, 2.75) is 0 Å². The first kappa shape index (κ1) is 18.9. The number of benzene rings is 1. The Balaban J connectivity index is 2.08. The van der Waals surface area contributed by atoms with E-state index in [9.17, 15) is 14.4 Å². The van der Waals surface area contributed by atoms with Crippen LogP contribution in [0.25, 0.3) is 0 Å². The van der Waals surface area contributed by atoms with Gasteiger partial charge in [-0.25, -0.2) is 9.59 Å². The van der Waals surface area contributed by atoms with Gasteiger partial charge in [0.15, 0.2) is 5.17 Å². The van der Waals surface area contributed by atoms with Gasteiger partial charge in [0.1, 0.15) is 0 Å². The summed E-state index contributed by atoms with van der Waals surface area (Å²) in [4.78, 5) is 34.5. The molecule has 0 bridgehead atoms. The maximum absolute atomic E-state index is 11.7. The summed E-state index contributed by atoms with van der Waals surface area (Å²) in [5.74, 6) is -1.53. The number of carbonyl (C=O) groups excluding carboxylic acids is 3. The predicted octanol–water partition coefficient (Wildman–Crippen LogP) is 1.85. The third-order valence-electron chi connectivity index (χ3n) is 2.85. The molecule has 1 aromatic carbocycles. The molecule has 1 aromatic rings. The van der Waals surface area contributed by atoms with E-state index < -0.39 is 17.8 Å². The van der Waals surface area contributed by atoms with Gasteiger partial charge in [-0.1, -0.05) is 6.07 Å². The van der Waals surface area contributed by atoms with Crippen molar-refractivity contribution in [1.29, 1.82) is 0 Å². The van der Waals surface area contributed by atoms with E-state index in [-0.39, 0.29) is 10.1 Å². The van der Waals surface area contributed by atoms with Crippen molar-refractivity contribution in [3.05, 3.63) is 44.8 Å². The molecule has 0 spiro atoms. The molecule has 0 aromatic heterocycles. The van der Waals surface area contributed by atoms with Gasteiger partial charge in [-0.05, 0) is 45.4 Å². The van der Waals surface area contributed by atoms with Crippen molar-refractivity contribution in [2.75, 3.05) is 14.2 Å². The fourth-order valence-electron chi connectivity index (χ4n) is 1.68. The van der Waals surface area contributed by atoms with Crippen LogP contribution in [0.15, 0.2) is 43.9 Å². The number of methoxy groups -OCH3 is 2. The van der Waals surface area contributed by atoms with Gasteiger partial charge in [-0.2, -0.15) is 5.10 Å². The molecule has 25 heavy (non-hydrogen) atoms. The number of halogens is 1. The second-order valence-electron chi connectivity index (χ2n) is 4.47. The lowest BCUT2D eigenvalue weighted by Crippen LogP contribution is -2.19. The fourth-order valence-corrected chi connectivity index (χ4v) is 2.97. The van der Waals surface area contributed by atoms with Crippen LogP contribution >= 0.6 is 27.7 Å². The first-order chi connectivity index (χ1) is 11.9. The van der Waals surface area contributed by atoms with Crippen molar-refractivity contribution in [3.8, 4) is 0 Å². The van der Waals surface area contributed by atoms with E-state index in [2.05, 4.69) is 40.9 Å². The van der Waals surface area contributed by atoms with Crippen molar-refractivity contribution in [1.82, 2.24) is 5.32 Å². The van der Waals surface area contributed by atoms with E-state index in [1.165, 1.54) is 20.4 Å². The SMILES string of the molecule is COC(=O)/C=C1/S/C(=N\N=Cc2ccc(C(=O)OC)c(Br)c2)NC1=O. The van der Waals surface area contributed by atoms with Crippen LogP contribution in [0.2, 0.25) is 0 Å². The predicted molar refractivity (Wildman–Crippen MR) is 96.3 cm³/mol. The third-order valence-corrected chi connectivity index (χ3v) is 4.41. The quantitative estimate of drug-likeness (QED) is 0.341. The Morgan fingerprint density at radius 2 is 2.04 bits per heavy atom. The van der Waals surface area contributed by atoms with E-state index in [1.54, 1.807) is 18.2 Å². The molecule has 0 atom stereocenters. The van der Waals surface area contributed by atoms with E-state index >= 15 is 0 Å². The monoisotopic (exact) mass is 425 g/mol. The van der Waals surface area contributed by atoms with Gasteiger partial charge < -0.3 is 9.47 Å². The molecule has 0 aliphatic carbocycles. The largest absolute Gasteiger partial charge is 0.466 e. The molecule has 1 heterocycles. The molecule has 8 nitrogen and oxygen atoms in total. The number of amides is 1. The standard InChI is InChI=1S/C15H12BrN3O5S/c1-23-12(20)6-11-13(21)18-15(25-11)19-17-7-8-3-4-9(10(16)5-8)14(22)24-2/h3-7H,1-2H3,(H,18,19,21)/b11-6+,17-7?. The highest BCUT2D eigenvalue weighted by Gasteiger charge is 2.25. The molecule has 1 fully saturated rings. The van der Waals surface area contributed by atoms with Gasteiger partial charge in [0.2, 0.25) is 0 Å². The van der Waals surface area contributed by atoms with Gasteiger partial charge in [-0.3, -0.25) is 10.1 Å². The molecular formula is C15H12BrN3O5S. The number of nitrogens with one attached hydrogen (secondary N) is 1. The lowest BCUT2D eigenvalue weighted by Gasteiger charge is -2.02. The Morgan fingerprint density at radius 3 is 2.68 bits per heavy atom. The number of carbonyl (C=O) groups is 3. The van der Waals surface area contributed by atoms with Crippen LogP contribution < -0.4 is 5.32 Å². The highest BCUT2D eigenvalue weighted by molar-refractivity contribution is 9.10. The van der Waals surface area contributed by atoms with Crippen molar-refractivity contribution in [3.63, 3.8) is 0 Å². The van der Waals surface area contributed by atoms with E-state index in [0.717, 1.165) is 17.8 Å². The fraction of sp³-hybridized carbons (Fsp3) is 0.133. The third kappa shape index (κ3) is 5.00. The van der Waals surface area contributed by atoms with Gasteiger partial charge in [0.25, 0.3) is 5.91 Å². The molecule has 130 valence electrons. The van der Waals surface area contributed by atoms with E-state index in [4.69, 9.17) is 0 Å². The second-order valence-corrected chi connectivity index (χ2v) is 6.35. The molecule has 1 N–H and O–H groups in total. The van der Waals surface area contributed by atoms with Crippen LogP contribution in [-0.2, 0) is 19.1 Å². The molecule has 10 heteroatoms. The van der Waals surface area contributed by atoms with Crippen molar-refractivity contribution < 1.29 is 23.9 Å². The lowest BCUT2D eigenvalue weighted by atomic mass is 10.1. The summed E-state index contributed by atoms with van der Waals surface area (Å²) < 4.78 is 9.68. The molecule has 0 saturated carbocycles. The molecule has 1 aliphatic heterocycles. The zero-order chi connectivity index (χ0) is 18.4. The molecule has 1 saturated heterocycles. The average molecular weight is 426 g/mol. The van der Waals surface area contributed by atoms with Crippen LogP contribution in [0, 0.1) is 0 Å². The molecular weight excluding hydrogens is 414 g/mol. The molecule has 0 radical (unpaired) electrons. The number of esters is 2. The number of ether oxygens (including phenoxy) is 2. The summed E-state index contributed by atoms with van der Waals surface area (Å²) >= 11 is 4.26. The van der Waals surface area contributed by atoms with Gasteiger partial charge >= 0.3 is 11.9 Å². The van der Waals surface area contributed by atoms with Gasteiger partial charge in [-0.15, -0.1) is 5.10 Å². The maximum atomic E-state index is 11.7. The Morgan fingerprint density at radius 1 is 1.28 bits per heavy atom. The highest BCUT2D eigenvalue weighted by Crippen LogP contribution is 2.23. The zero-order valence-corrected chi connectivity index (χ0v) is 15.5. The van der Waals surface area contributed by atoms with Crippen molar-refractivity contribution in [2.24, 2.45) is 10.2 Å². The van der Waals surface area contributed by atoms with Crippen LogP contribution in [0.1, 0.15) is 15.9 Å². The van der Waals surface area contributed by atoms with E-state index in [1.807, 2.05) is 0 Å². The van der Waals surface area contributed by atoms with Crippen LogP contribution in [0.4, 0.5) is 0 Å². The highest BCUT2D eigenvalue weighted by atomic mass is 79.9. The van der Waals surface area contributed by atoms with Crippen LogP contribution in [0.3, 0.4) is 0 Å². The van der Waals surface area contributed by atoms with Crippen molar-refractivity contribution >= 4 is 56.9 Å². The van der Waals surface area contributed by atoms with Crippen LogP contribution in [0.5, 0.6) is 0 Å². The second kappa shape index (κ2) is 8.58. The summed E-state index contributed by atoms with van der Waals surface area (Å²) in [6.45, 7) is 0. The van der Waals surface area contributed by atoms with Crippen LogP contribution in [-0.4, -0.2) is 43.4 Å². The normalized spacial score (nSPS) is 17.2. The van der Waals surface area contributed by atoms with Gasteiger partial charge in [0.05, 0.1) is 30.9 Å². The summed E-state index contributed by atoms with van der Waals surface area (Å²) in [6.07, 6.45) is 2.53. The summed E-state index contributed by atoms with van der Waals surface area (Å²) in [7, 11) is 2.52. The van der Waals surface area contributed by atoms with E-state index in [0.29, 0.717) is 15.6 Å². The first-order valence-electron chi connectivity index (χ1n) is 6.72. The van der Waals surface area contributed by atoms with Gasteiger partial charge in [0, 0.05) is 10.5 Å². The minimum Gasteiger partial charge on any atom is -0.466 e. The summed E-state index contributed by atoms with van der Waals surface area (Å²) in [5, 5.41) is 10.5. The number of hydrogen-bond donors (Lipinski definition) is 1. The number of thioether (sulfide) groups is 1. The first-order valence-corrected chi connectivity index (χ1v) is 8.33. The Bertz CT molecular complexity index is 819. The molecule has 0 unspecified atom stereocenters. The number of amidine groups is 1. The molecule has 1 aliphatic rings. The Hall–Kier alpha value is -2.46. The maximum Gasteiger partial charge on any atom is 0.339 e. The molecule has 2 rings (SSSR count). The smallest absolute Gasteiger partial charge is 0.339 e. The minimum absolute atomic E-state index is 0.172. The summed E-state index contributed by atoms with van der Waals surface area (Å²) in [5.41, 5.74) is 1.07.